The molecule has 0 aliphatic heterocycles. The molecule has 0 aliphatic rings. The zero-order valence-electron chi connectivity index (χ0n) is 15.6. The Morgan fingerprint density at radius 2 is 1.85 bits per heavy atom. The third-order valence-corrected chi connectivity index (χ3v) is 4.88. The van der Waals surface area contributed by atoms with Gasteiger partial charge in [0.05, 0.1) is 6.61 Å². The van der Waals surface area contributed by atoms with Crippen molar-refractivity contribution in [2.75, 3.05) is 13.7 Å². The minimum Gasteiger partial charge on any atom is -0.436 e. The maximum Gasteiger partial charge on any atom is 0.244 e. The van der Waals surface area contributed by atoms with Gasteiger partial charge in [-0.25, -0.2) is 4.98 Å². The largest absolute Gasteiger partial charge is 0.436 e. The van der Waals surface area contributed by atoms with Gasteiger partial charge in [0.15, 0.2) is 0 Å². The molecule has 3 aromatic heterocycles. The summed E-state index contributed by atoms with van der Waals surface area (Å²) in [5.41, 5.74) is 3.45. The number of methoxy groups -OCH3 is 1. The van der Waals surface area contributed by atoms with E-state index in [1.807, 2.05) is 36.5 Å². The Labute approximate surface area is 164 Å². The third-order valence-electron chi connectivity index (χ3n) is 4.88. The lowest BCUT2D eigenvalue weighted by Gasteiger charge is -2.12. The van der Waals surface area contributed by atoms with Crippen molar-refractivity contribution >= 4 is 34.1 Å². The van der Waals surface area contributed by atoms with Gasteiger partial charge in [-0.1, -0.05) is 12.1 Å². The number of benzene rings is 1. The molecule has 5 nitrogen and oxygen atoms in total. The fraction of sp³-hybridized carbons (Fsp3) is 0.238. The molecule has 0 atom stereocenters. The molecule has 0 radical (unpaired) electrons. The number of ether oxygens (including phenoxy) is 2. The van der Waals surface area contributed by atoms with E-state index in [0.29, 0.717) is 12.5 Å². The predicted molar refractivity (Wildman–Crippen MR) is 110 cm³/mol. The van der Waals surface area contributed by atoms with Crippen LogP contribution in [0.2, 0.25) is 0 Å². The lowest BCUT2D eigenvalue weighted by atomic mass is 10.1. The topological polar surface area (TPSA) is 49.2 Å². The van der Waals surface area contributed by atoms with Crippen LogP contribution in [0.25, 0.3) is 21.7 Å². The van der Waals surface area contributed by atoms with Crippen molar-refractivity contribution in [3.63, 3.8) is 0 Å². The zero-order valence-corrected chi connectivity index (χ0v) is 16.4. The molecule has 0 aliphatic carbocycles. The molecular weight excluding hydrogens is 362 g/mol. The smallest absolute Gasteiger partial charge is 0.244 e. The van der Waals surface area contributed by atoms with Crippen LogP contribution in [-0.4, -0.2) is 28.3 Å². The van der Waals surface area contributed by atoms with Gasteiger partial charge >= 0.3 is 0 Å². The van der Waals surface area contributed by atoms with Crippen LogP contribution < -0.4 is 4.74 Å². The van der Waals surface area contributed by atoms with E-state index in [1.54, 1.807) is 19.5 Å². The van der Waals surface area contributed by atoms with Gasteiger partial charge in [0, 0.05) is 54.1 Å². The minimum atomic E-state index is 0. The van der Waals surface area contributed by atoms with Crippen LogP contribution in [-0.2, 0) is 11.3 Å². The number of hydrogen-bond donors (Lipinski definition) is 0. The van der Waals surface area contributed by atoms with Crippen molar-refractivity contribution in [2.24, 2.45) is 0 Å². The summed E-state index contributed by atoms with van der Waals surface area (Å²) < 4.78 is 13.8. The van der Waals surface area contributed by atoms with Crippen molar-refractivity contribution in [1.29, 1.82) is 0 Å². The Morgan fingerprint density at radius 3 is 2.67 bits per heavy atom. The van der Waals surface area contributed by atoms with E-state index in [-0.39, 0.29) is 12.4 Å². The summed E-state index contributed by atoms with van der Waals surface area (Å²) in [4.78, 5) is 8.72. The molecule has 140 valence electrons. The Hall–Kier alpha value is -2.63. The fourth-order valence-corrected chi connectivity index (χ4v) is 3.39. The molecule has 4 rings (SSSR count). The Morgan fingerprint density at radius 1 is 1.04 bits per heavy atom. The molecular formula is C21H22ClN3O2. The summed E-state index contributed by atoms with van der Waals surface area (Å²) >= 11 is 0. The third kappa shape index (κ3) is 3.36. The number of pyridine rings is 2. The highest BCUT2D eigenvalue weighted by molar-refractivity contribution is 5.91. The first-order valence-electron chi connectivity index (χ1n) is 8.64. The van der Waals surface area contributed by atoms with Gasteiger partial charge in [0.2, 0.25) is 5.88 Å². The van der Waals surface area contributed by atoms with E-state index in [9.17, 15) is 0 Å². The molecule has 6 heteroatoms. The molecule has 4 aromatic rings. The number of aryl methyl sites for hydroxylation is 1. The molecule has 0 N–H and O–H groups in total. The van der Waals surface area contributed by atoms with Crippen LogP contribution in [0.5, 0.6) is 11.6 Å². The van der Waals surface area contributed by atoms with Gasteiger partial charge < -0.3 is 14.0 Å². The second kappa shape index (κ2) is 7.94. The molecule has 1 aromatic carbocycles. The molecule has 0 unspecified atom stereocenters. The van der Waals surface area contributed by atoms with Gasteiger partial charge in [0.1, 0.15) is 11.3 Å². The standard InChI is InChI=1S/C21H21N3O2.ClH/c1-14-15(2)24(11-12-25-3)20-17(14)8-10-23-21(20)26-19-6-4-5-16-13-22-9-7-18(16)19;/h4-10,13H,11-12H2,1-3H3;1H. The van der Waals surface area contributed by atoms with Gasteiger partial charge in [-0.15, -0.1) is 12.4 Å². The summed E-state index contributed by atoms with van der Waals surface area (Å²) in [5, 5.41) is 3.22. The van der Waals surface area contributed by atoms with E-state index in [2.05, 4.69) is 28.4 Å². The molecule has 0 saturated heterocycles. The van der Waals surface area contributed by atoms with Crippen LogP contribution in [0.4, 0.5) is 0 Å². The highest BCUT2D eigenvalue weighted by atomic mass is 35.5. The zero-order chi connectivity index (χ0) is 18.1. The maximum absolute atomic E-state index is 6.29. The molecule has 3 heterocycles. The molecule has 0 amide bonds. The van der Waals surface area contributed by atoms with Crippen molar-refractivity contribution in [1.82, 2.24) is 14.5 Å². The van der Waals surface area contributed by atoms with Crippen LogP contribution in [0, 0.1) is 13.8 Å². The van der Waals surface area contributed by atoms with E-state index in [1.165, 1.54) is 11.3 Å². The number of rotatable bonds is 5. The summed E-state index contributed by atoms with van der Waals surface area (Å²) in [7, 11) is 1.72. The highest BCUT2D eigenvalue weighted by Gasteiger charge is 2.17. The second-order valence-electron chi connectivity index (χ2n) is 6.32. The van der Waals surface area contributed by atoms with Crippen molar-refractivity contribution in [3.05, 3.63) is 60.2 Å². The van der Waals surface area contributed by atoms with E-state index in [0.717, 1.165) is 34.0 Å². The van der Waals surface area contributed by atoms with Gasteiger partial charge in [-0.2, -0.15) is 0 Å². The molecule has 0 saturated carbocycles. The summed E-state index contributed by atoms with van der Waals surface area (Å²) in [6.07, 6.45) is 5.42. The summed E-state index contributed by atoms with van der Waals surface area (Å²) in [6, 6.07) is 9.97. The lowest BCUT2D eigenvalue weighted by Crippen LogP contribution is -2.06. The number of nitrogens with zero attached hydrogens (tertiary/aromatic N) is 3. The Kier molecular flexibility index (Phi) is 5.63. The van der Waals surface area contributed by atoms with Crippen molar-refractivity contribution in [2.45, 2.75) is 20.4 Å². The number of aromatic nitrogens is 3. The molecule has 0 bridgehead atoms. The lowest BCUT2D eigenvalue weighted by molar-refractivity contribution is 0.187. The highest BCUT2D eigenvalue weighted by Crippen LogP contribution is 2.35. The minimum absolute atomic E-state index is 0. The van der Waals surface area contributed by atoms with E-state index in [4.69, 9.17) is 9.47 Å². The Balaban J connectivity index is 0.00000210. The van der Waals surface area contributed by atoms with Gasteiger partial charge in [-0.3, -0.25) is 4.98 Å². The van der Waals surface area contributed by atoms with Crippen LogP contribution in [0.15, 0.2) is 48.9 Å². The Bertz CT molecular complexity index is 1090. The monoisotopic (exact) mass is 383 g/mol. The van der Waals surface area contributed by atoms with Crippen LogP contribution >= 0.6 is 12.4 Å². The van der Waals surface area contributed by atoms with Crippen LogP contribution in [0.3, 0.4) is 0 Å². The summed E-state index contributed by atoms with van der Waals surface area (Å²) in [6.45, 7) is 5.65. The SMILES string of the molecule is COCCn1c(C)c(C)c2ccnc(Oc3cccc4cnccc34)c21.Cl. The average Bonchev–Trinajstić information content (AvgIpc) is 2.92. The van der Waals surface area contributed by atoms with Crippen molar-refractivity contribution in [3.8, 4) is 11.6 Å². The fourth-order valence-electron chi connectivity index (χ4n) is 3.39. The van der Waals surface area contributed by atoms with Crippen LogP contribution in [0.1, 0.15) is 11.3 Å². The van der Waals surface area contributed by atoms with E-state index < -0.39 is 0 Å². The van der Waals surface area contributed by atoms with Gasteiger partial charge in [0.25, 0.3) is 0 Å². The van der Waals surface area contributed by atoms with E-state index >= 15 is 0 Å². The molecule has 0 fully saturated rings. The maximum atomic E-state index is 6.29. The first-order valence-corrected chi connectivity index (χ1v) is 8.64. The number of halogens is 1. The first kappa shape index (κ1) is 19.1. The molecule has 0 spiro atoms. The predicted octanol–water partition coefficient (Wildman–Crippen LogP) is 5.06. The van der Waals surface area contributed by atoms with Crippen molar-refractivity contribution < 1.29 is 9.47 Å². The quantitative estimate of drug-likeness (QED) is 0.483. The number of hydrogen-bond acceptors (Lipinski definition) is 4. The number of fused-ring (bicyclic) bond motifs is 2. The second-order valence-corrected chi connectivity index (χ2v) is 6.32. The molecule has 27 heavy (non-hydrogen) atoms. The normalized spacial score (nSPS) is 10.9. The average molecular weight is 384 g/mol. The first-order chi connectivity index (χ1) is 12.7. The summed E-state index contributed by atoms with van der Waals surface area (Å²) in [5.74, 6) is 1.39. The van der Waals surface area contributed by atoms with Gasteiger partial charge in [-0.05, 0) is 37.6 Å².